The monoisotopic (exact) mass is 567 g/mol. The normalized spacial score (nSPS) is 16.9. The zero-order valence-electron chi connectivity index (χ0n) is 25.9. The van der Waals surface area contributed by atoms with Crippen molar-refractivity contribution in [1.29, 1.82) is 0 Å². The topological polar surface area (TPSA) is 3.24 Å². The van der Waals surface area contributed by atoms with Crippen molar-refractivity contribution in [3.8, 4) is 22.3 Å². The second kappa shape index (κ2) is 9.82. The molecule has 1 nitrogen and oxygen atoms in total. The number of para-hydroxylation sites is 2. The number of benzene rings is 5. The first kappa shape index (κ1) is 26.7. The first-order chi connectivity index (χ1) is 21.4. The van der Waals surface area contributed by atoms with Crippen molar-refractivity contribution in [3.63, 3.8) is 0 Å². The largest absolute Gasteiger partial charge is 0.314 e. The molecule has 0 radical (unpaired) electrons. The average molecular weight is 568 g/mol. The molecule has 0 aliphatic heterocycles. The lowest BCUT2D eigenvalue weighted by atomic mass is 9.78. The summed E-state index contributed by atoms with van der Waals surface area (Å²) >= 11 is 0. The van der Waals surface area contributed by atoms with Crippen LogP contribution in [0.4, 0.5) is 11.4 Å². The zero-order chi connectivity index (χ0) is 30.1. The molecule has 0 saturated heterocycles. The summed E-state index contributed by atoms with van der Waals surface area (Å²) in [4.78, 5) is 2.42. The molecule has 0 N–H and O–H groups in total. The molecule has 0 aromatic heterocycles. The molecule has 8 rings (SSSR count). The van der Waals surface area contributed by atoms with Crippen LogP contribution in [-0.2, 0) is 10.8 Å². The number of anilines is 2. The van der Waals surface area contributed by atoms with Crippen LogP contribution in [-0.4, -0.2) is 0 Å². The van der Waals surface area contributed by atoms with E-state index < -0.39 is 0 Å². The molecular weight excluding hydrogens is 530 g/mol. The lowest BCUT2D eigenvalue weighted by Gasteiger charge is -2.30. The molecule has 3 aliphatic carbocycles. The van der Waals surface area contributed by atoms with Crippen molar-refractivity contribution in [2.45, 2.75) is 44.9 Å². The fraction of sp³-hybridized carbons (Fsp3) is 0.163. The van der Waals surface area contributed by atoms with E-state index in [1.807, 2.05) is 0 Å². The van der Waals surface area contributed by atoms with Gasteiger partial charge in [-0.05, 0) is 98.1 Å². The molecule has 5 aromatic carbocycles. The van der Waals surface area contributed by atoms with Crippen LogP contribution in [0.5, 0.6) is 0 Å². The highest BCUT2D eigenvalue weighted by Crippen LogP contribution is 2.57. The molecule has 214 valence electrons. The van der Waals surface area contributed by atoms with Gasteiger partial charge in [-0.15, -0.1) is 0 Å². The number of hydrogen-bond donors (Lipinski definition) is 0. The Labute approximate surface area is 261 Å². The summed E-state index contributed by atoms with van der Waals surface area (Å²) < 4.78 is 0. The highest BCUT2D eigenvalue weighted by atomic mass is 15.1. The molecule has 0 amide bonds. The maximum atomic E-state index is 2.53. The van der Waals surface area contributed by atoms with Crippen LogP contribution < -0.4 is 4.90 Å². The van der Waals surface area contributed by atoms with Crippen LogP contribution in [0.15, 0.2) is 151 Å². The van der Waals surface area contributed by atoms with Gasteiger partial charge in [-0.1, -0.05) is 125 Å². The lowest BCUT2D eigenvalue weighted by molar-refractivity contribution is 0.646. The van der Waals surface area contributed by atoms with Gasteiger partial charge >= 0.3 is 0 Å². The fourth-order valence-electron chi connectivity index (χ4n) is 7.81. The highest BCUT2D eigenvalue weighted by molar-refractivity contribution is 5.97. The summed E-state index contributed by atoms with van der Waals surface area (Å²) in [7, 11) is 0. The third-order valence-corrected chi connectivity index (χ3v) is 10.1. The standard InChI is InChI=1S/C43H37N/c1-42(2)37-25-15-23-33(29-16-8-5-9-17-29)41(37)36-28-39-35(27-40(36)42)34-24-14-22-32(26-38(34)43(39,3)4)44(30-18-10-6-11-19-30)31-20-12-7-13-21-31/h5-21,23-28H,22H2,1-4H3. The Hall–Kier alpha value is -4.88. The predicted octanol–water partition coefficient (Wildman–Crippen LogP) is 11.4. The van der Waals surface area contributed by atoms with Gasteiger partial charge in [0.15, 0.2) is 0 Å². The van der Waals surface area contributed by atoms with E-state index in [9.17, 15) is 0 Å². The van der Waals surface area contributed by atoms with Crippen LogP contribution in [0.2, 0.25) is 0 Å². The molecule has 1 heteroatoms. The summed E-state index contributed by atoms with van der Waals surface area (Å²) in [5, 5.41) is 0. The van der Waals surface area contributed by atoms with Gasteiger partial charge in [0.25, 0.3) is 0 Å². The third kappa shape index (κ3) is 3.92. The summed E-state index contributed by atoms with van der Waals surface area (Å²) in [5.41, 5.74) is 17.2. The van der Waals surface area contributed by atoms with E-state index in [1.54, 1.807) is 0 Å². The maximum absolute atomic E-state index is 2.53. The molecule has 0 saturated carbocycles. The van der Waals surface area contributed by atoms with Gasteiger partial charge in [0.2, 0.25) is 0 Å². The van der Waals surface area contributed by atoms with Crippen molar-refractivity contribution in [2.75, 3.05) is 4.90 Å². The van der Waals surface area contributed by atoms with Crippen LogP contribution in [0.25, 0.3) is 27.8 Å². The van der Waals surface area contributed by atoms with E-state index in [0.717, 1.165) is 6.42 Å². The number of nitrogens with zero attached hydrogens (tertiary/aromatic N) is 1. The van der Waals surface area contributed by atoms with Crippen molar-refractivity contribution >= 4 is 16.9 Å². The quantitative estimate of drug-likeness (QED) is 0.209. The molecule has 44 heavy (non-hydrogen) atoms. The second-order valence-electron chi connectivity index (χ2n) is 13.4. The molecule has 0 heterocycles. The van der Waals surface area contributed by atoms with Crippen molar-refractivity contribution in [2.24, 2.45) is 0 Å². The van der Waals surface area contributed by atoms with Gasteiger partial charge in [0, 0.05) is 34.3 Å². The molecule has 0 spiro atoms. The molecule has 5 aromatic rings. The van der Waals surface area contributed by atoms with Gasteiger partial charge in [-0.3, -0.25) is 0 Å². The molecule has 0 bridgehead atoms. The van der Waals surface area contributed by atoms with Crippen molar-refractivity contribution < 1.29 is 0 Å². The summed E-state index contributed by atoms with van der Waals surface area (Å²) in [6.07, 6.45) is 8.09. The van der Waals surface area contributed by atoms with Crippen LogP contribution in [0, 0.1) is 0 Å². The molecule has 0 unspecified atom stereocenters. The molecule has 0 fully saturated rings. The minimum Gasteiger partial charge on any atom is -0.314 e. The Morgan fingerprint density at radius 3 is 1.80 bits per heavy atom. The predicted molar refractivity (Wildman–Crippen MR) is 186 cm³/mol. The van der Waals surface area contributed by atoms with Crippen molar-refractivity contribution in [3.05, 3.63) is 173 Å². The Morgan fingerprint density at radius 2 is 1.14 bits per heavy atom. The van der Waals surface area contributed by atoms with Gasteiger partial charge in [-0.25, -0.2) is 0 Å². The van der Waals surface area contributed by atoms with E-state index in [4.69, 9.17) is 0 Å². The molecule has 0 atom stereocenters. The minimum absolute atomic E-state index is 0.0786. The van der Waals surface area contributed by atoms with Gasteiger partial charge in [0.1, 0.15) is 0 Å². The number of rotatable bonds is 4. The molecular formula is C43H37N. The van der Waals surface area contributed by atoms with Gasteiger partial charge in [0.05, 0.1) is 0 Å². The fourth-order valence-corrected chi connectivity index (χ4v) is 7.81. The van der Waals surface area contributed by atoms with E-state index in [0.29, 0.717) is 0 Å². The minimum atomic E-state index is -0.146. The first-order valence-corrected chi connectivity index (χ1v) is 15.8. The summed E-state index contributed by atoms with van der Waals surface area (Å²) in [6, 6.07) is 44.3. The van der Waals surface area contributed by atoms with Gasteiger partial charge < -0.3 is 4.90 Å². The summed E-state index contributed by atoms with van der Waals surface area (Å²) in [5.74, 6) is 0. The van der Waals surface area contributed by atoms with Crippen LogP contribution in [0.1, 0.15) is 56.4 Å². The number of fused-ring (bicyclic) bond motifs is 5. The smallest absolute Gasteiger partial charge is 0.0458 e. The van der Waals surface area contributed by atoms with E-state index in [-0.39, 0.29) is 10.8 Å². The second-order valence-corrected chi connectivity index (χ2v) is 13.4. The highest BCUT2D eigenvalue weighted by Gasteiger charge is 2.43. The zero-order valence-corrected chi connectivity index (χ0v) is 25.9. The van der Waals surface area contributed by atoms with Crippen LogP contribution in [0.3, 0.4) is 0 Å². The number of allylic oxidation sites excluding steroid dienone is 5. The molecule has 3 aliphatic rings. The average Bonchev–Trinajstić information content (AvgIpc) is 3.26. The first-order valence-electron chi connectivity index (χ1n) is 15.8. The Kier molecular flexibility index (Phi) is 5.97. The summed E-state index contributed by atoms with van der Waals surface area (Å²) in [6.45, 7) is 9.61. The van der Waals surface area contributed by atoms with E-state index in [1.165, 1.54) is 72.7 Å². The Balaban J connectivity index is 1.31. The lowest BCUT2D eigenvalue weighted by Crippen LogP contribution is -2.20. The number of hydrogen-bond acceptors (Lipinski definition) is 1. The maximum Gasteiger partial charge on any atom is 0.0458 e. The van der Waals surface area contributed by atoms with E-state index >= 15 is 0 Å². The Bertz CT molecular complexity index is 1970. The Morgan fingerprint density at radius 1 is 0.545 bits per heavy atom. The van der Waals surface area contributed by atoms with Crippen molar-refractivity contribution in [1.82, 2.24) is 0 Å². The SMILES string of the molecule is CC1(C)C2=C(C=CCC(N(c3ccccc3)c3ccccc3)=C2)c2cc3c(cc21)-c1c(-c2ccccc2)cccc1C3(C)C. The van der Waals surface area contributed by atoms with Gasteiger partial charge in [-0.2, -0.15) is 0 Å². The van der Waals surface area contributed by atoms with E-state index in [2.05, 4.69) is 172 Å². The van der Waals surface area contributed by atoms with Crippen LogP contribution >= 0.6 is 0 Å². The third-order valence-electron chi connectivity index (χ3n) is 10.1.